The molecule has 8 atom stereocenters. The quantitative estimate of drug-likeness (QED) is 0.00797. The number of para-hydroxylation sites is 1. The van der Waals surface area contributed by atoms with Crippen LogP contribution in [0.5, 0.6) is 11.5 Å². The number of anilines is 2. The first-order chi connectivity index (χ1) is 50.5. The van der Waals surface area contributed by atoms with Crippen LogP contribution >= 0.6 is 11.3 Å². The standard InChI is InChI=1S/C75H94N10O19S2/c1-46(53(36-76)51-20-21-60(81-65(51)69(94)95)84-27-24-47-13-12-14-52(54(47)37-84)66(90)82-70-80-55-15-9-10-16-59(55)105-70)78-45-74(5)42-73(4)40-72(2,3)41-75(43-73,44-74)102-30-28-83(6)71(96)101-38-48-18-19-50(103-64-34-49(86)33-58(104-64)68(92)93)35-57(48)100-32-31-99-29-25-77-67(91)56(39-106(97)98)79-61(87)17-8-7-11-26-85-62(88)22-23-63(85)89/h9-10,12-16,18-23,35-36,49,56,58,64,76,78,86H,7-8,11,17,24-34,37-45H2,1-6H3,(H,77,91)(H,79,87)(H,92,93)(H,94,95)(H,97,98)(H,80,82,90)/b53-46+,76-36?. The van der Waals surface area contributed by atoms with Gasteiger partial charge in [0.1, 0.15) is 36.6 Å². The van der Waals surface area contributed by atoms with Crippen LogP contribution in [-0.4, -0.2) is 200 Å². The number of pyridine rings is 1. The van der Waals surface area contributed by atoms with Gasteiger partial charge in [0.15, 0.2) is 28.0 Å². The fourth-order valence-electron chi connectivity index (χ4n) is 15.8. The van der Waals surface area contributed by atoms with Gasteiger partial charge in [0, 0.05) is 118 Å². The molecule has 31 heteroatoms. The molecule has 0 radical (unpaired) electrons. The molecule has 2 saturated carbocycles. The smallest absolute Gasteiger partial charge is 0.409 e. The number of aliphatic hydroxyl groups excluding tert-OH is 1. The van der Waals surface area contributed by atoms with Crippen LogP contribution in [0.1, 0.15) is 148 Å². The van der Waals surface area contributed by atoms with Gasteiger partial charge in [-0.05, 0) is 128 Å². The number of carbonyl (C=O) groups is 8. The number of rotatable bonds is 35. The number of carboxylic acids is 2. The number of benzene rings is 3. The minimum absolute atomic E-state index is 0.00345. The molecule has 29 nitrogen and oxygen atoms in total. The van der Waals surface area contributed by atoms with Crippen LogP contribution in [0, 0.1) is 21.7 Å². The van der Waals surface area contributed by atoms with Crippen LogP contribution in [-0.2, 0) is 73.6 Å². The summed E-state index contributed by atoms with van der Waals surface area (Å²) in [5, 5.41) is 51.6. The minimum Gasteiger partial charge on any atom is -0.491 e. The van der Waals surface area contributed by atoms with Crippen molar-refractivity contribution in [2.45, 2.75) is 155 Å². The number of amides is 6. The summed E-state index contributed by atoms with van der Waals surface area (Å²) < 4.78 is 58.6. The highest BCUT2D eigenvalue weighted by atomic mass is 32.2. The Morgan fingerprint density at radius 3 is 2.41 bits per heavy atom. The molecule has 106 heavy (non-hydrogen) atoms. The minimum atomic E-state index is -2.43. The zero-order chi connectivity index (χ0) is 76.1. The fourth-order valence-corrected chi connectivity index (χ4v) is 17.2. The normalized spacial score (nSPS) is 22.5. The SMILES string of the molecule is C/C(NCC1(C)CC2(C)CC(C)(C)CC(OCCN(C)C(=O)OCc3ccc(OC4CC(O)CC(C(=O)O)O4)cc3OCCOCCNC(=O)C(CS(=O)O)NC(=O)CCCCCN3C(=O)C=CC3=O)(C1)C2)=C(/C=N)c1ccc(N2CCc3cccc(C(=O)Nc4nc5ccccc5s4)c3C2)nc1C(=O)O. The topological polar surface area (TPSA) is 397 Å². The number of thiazole rings is 1. The number of hydrogen-bond acceptors (Lipinski definition) is 22. The van der Waals surface area contributed by atoms with E-state index in [4.69, 9.17) is 38.8 Å². The van der Waals surface area contributed by atoms with E-state index in [0.717, 1.165) is 58.1 Å². The van der Waals surface area contributed by atoms with E-state index in [9.17, 15) is 62.4 Å². The van der Waals surface area contributed by atoms with Gasteiger partial charge in [-0.1, -0.05) is 69.7 Å². The number of aliphatic carboxylic acids is 1. The lowest BCUT2D eigenvalue weighted by Gasteiger charge is -2.61. The summed E-state index contributed by atoms with van der Waals surface area (Å²) in [5.41, 5.74) is 3.46. The molecule has 2 aliphatic carbocycles. The second-order valence-electron chi connectivity index (χ2n) is 29.4. The molecule has 3 aliphatic heterocycles. The van der Waals surface area contributed by atoms with Gasteiger partial charge < -0.3 is 79.5 Å². The predicted octanol–water partition coefficient (Wildman–Crippen LogP) is 8.25. The van der Waals surface area contributed by atoms with Gasteiger partial charge in [0.05, 0.1) is 47.5 Å². The average molecular weight is 1500 g/mol. The summed E-state index contributed by atoms with van der Waals surface area (Å²) in [5.74, 6) is -4.57. The lowest BCUT2D eigenvalue weighted by Crippen LogP contribution is -2.58. The van der Waals surface area contributed by atoms with Crippen LogP contribution in [0.15, 0.2) is 90.6 Å². The van der Waals surface area contributed by atoms with Crippen LogP contribution in [0.3, 0.4) is 0 Å². The van der Waals surface area contributed by atoms with E-state index in [2.05, 4.69) is 53.9 Å². The Morgan fingerprint density at radius 1 is 0.877 bits per heavy atom. The van der Waals surface area contributed by atoms with E-state index in [-0.39, 0.29) is 117 Å². The number of aromatic carboxylic acids is 1. The number of aliphatic hydroxyl groups is 1. The number of nitrogens with one attached hydrogen (secondary N) is 5. The number of nitrogens with zero attached hydrogens (tertiary/aromatic N) is 5. The number of ether oxygens (including phenoxy) is 6. The van der Waals surface area contributed by atoms with Crippen molar-refractivity contribution >= 4 is 103 Å². The molecule has 5 aromatic rings. The van der Waals surface area contributed by atoms with Gasteiger partial charge in [-0.15, -0.1) is 0 Å². The zero-order valence-electron chi connectivity index (χ0n) is 60.4. The van der Waals surface area contributed by atoms with Crippen molar-refractivity contribution in [2.75, 3.05) is 82.2 Å². The second-order valence-corrected chi connectivity index (χ2v) is 31.4. The summed E-state index contributed by atoms with van der Waals surface area (Å²) >= 11 is -1.04. The van der Waals surface area contributed by atoms with Gasteiger partial charge in [-0.25, -0.2) is 28.6 Å². The Labute approximate surface area is 620 Å². The molecule has 5 aliphatic rings. The molecule has 5 heterocycles. The average Bonchev–Trinajstić information content (AvgIpc) is 0.800. The molecule has 1 saturated heterocycles. The maximum absolute atomic E-state index is 13.8. The summed E-state index contributed by atoms with van der Waals surface area (Å²) in [6, 6.07) is 20.1. The number of imide groups is 1. The third kappa shape index (κ3) is 20.9. The predicted molar refractivity (Wildman–Crippen MR) is 394 cm³/mol. The van der Waals surface area contributed by atoms with Crippen LogP contribution in [0.25, 0.3) is 15.8 Å². The van der Waals surface area contributed by atoms with Crippen molar-refractivity contribution in [3.05, 3.63) is 124 Å². The van der Waals surface area contributed by atoms with Crippen molar-refractivity contribution in [1.29, 1.82) is 5.41 Å². The van der Waals surface area contributed by atoms with E-state index < -0.39 is 88.6 Å². The monoisotopic (exact) mass is 1500 g/mol. The Bertz CT molecular complexity index is 4150. The van der Waals surface area contributed by atoms with Crippen LogP contribution in [0.2, 0.25) is 0 Å². The molecule has 570 valence electrons. The number of carbonyl (C=O) groups excluding carboxylic acids is 6. The first-order valence-corrected chi connectivity index (χ1v) is 37.6. The molecule has 3 aromatic carbocycles. The van der Waals surface area contributed by atoms with E-state index in [0.29, 0.717) is 85.1 Å². The zero-order valence-corrected chi connectivity index (χ0v) is 62.0. The Morgan fingerprint density at radius 2 is 1.66 bits per heavy atom. The maximum atomic E-state index is 13.8. The van der Waals surface area contributed by atoms with Gasteiger partial charge in [-0.2, -0.15) is 0 Å². The third-order valence-electron chi connectivity index (χ3n) is 19.6. The van der Waals surface area contributed by atoms with Gasteiger partial charge in [0.2, 0.25) is 18.1 Å². The molecule has 0 spiro atoms. The van der Waals surface area contributed by atoms with Gasteiger partial charge in [0.25, 0.3) is 17.7 Å². The van der Waals surface area contributed by atoms with Gasteiger partial charge in [-0.3, -0.25) is 34.2 Å². The lowest BCUT2D eigenvalue weighted by atomic mass is 9.48. The summed E-state index contributed by atoms with van der Waals surface area (Å²) in [7, 11) is 1.61. The molecule has 9 N–H and O–H groups in total. The Hall–Kier alpha value is -9.24. The highest BCUT2D eigenvalue weighted by Gasteiger charge is 2.58. The number of hydrogen-bond donors (Lipinski definition) is 9. The van der Waals surface area contributed by atoms with E-state index in [1.54, 1.807) is 37.4 Å². The first kappa shape index (κ1) is 79.3. The Kier molecular flexibility index (Phi) is 26.2. The van der Waals surface area contributed by atoms with E-state index in [1.165, 1.54) is 34.5 Å². The van der Waals surface area contributed by atoms with Crippen molar-refractivity contribution < 1.29 is 90.9 Å². The third-order valence-corrected chi connectivity index (χ3v) is 21.2. The maximum Gasteiger partial charge on any atom is 0.409 e. The number of aromatic nitrogens is 2. The van der Waals surface area contributed by atoms with E-state index in [1.807, 2.05) is 48.2 Å². The molecular weight excluding hydrogens is 1410 g/mol. The highest BCUT2D eigenvalue weighted by Crippen LogP contribution is 2.63. The molecule has 2 aromatic heterocycles. The molecule has 6 amide bonds. The summed E-state index contributed by atoms with van der Waals surface area (Å²) in [6.45, 7) is 12.3. The van der Waals surface area contributed by atoms with Crippen LogP contribution in [0.4, 0.5) is 15.7 Å². The number of fused-ring (bicyclic) bond motifs is 4. The number of allylic oxidation sites excluding steroid dienone is 2. The first-order valence-electron chi connectivity index (χ1n) is 35.5. The lowest BCUT2D eigenvalue weighted by molar-refractivity contribution is -0.195. The Balaban J connectivity index is 0.725. The molecule has 10 rings (SSSR count). The summed E-state index contributed by atoms with van der Waals surface area (Å²) in [6.07, 6.45) is 5.31. The van der Waals surface area contributed by atoms with Crippen molar-refractivity contribution in [1.82, 2.24) is 35.7 Å². The molecule has 2 bridgehead atoms. The van der Waals surface area contributed by atoms with Gasteiger partial charge >= 0.3 is 18.0 Å². The molecule has 3 fully saturated rings. The number of unbranched alkanes of at least 4 members (excludes halogenated alkanes) is 2. The summed E-state index contributed by atoms with van der Waals surface area (Å²) in [4.78, 5) is 116. The second kappa shape index (κ2) is 35.0. The van der Waals surface area contributed by atoms with Crippen molar-refractivity contribution in [2.24, 2.45) is 16.2 Å². The number of likely N-dealkylation sites (N-methyl/N-ethyl adjacent to an activating group) is 1. The highest BCUT2D eigenvalue weighted by molar-refractivity contribution is 7.79. The van der Waals surface area contributed by atoms with Crippen molar-refractivity contribution in [3.63, 3.8) is 0 Å². The van der Waals surface area contributed by atoms with Crippen LogP contribution < -0.4 is 35.6 Å². The number of carboxylic acid groups (broad SMARTS) is 2. The van der Waals surface area contributed by atoms with E-state index >= 15 is 0 Å². The molecular formula is C75H94N10O19S2. The molecule has 8 unspecified atom stereocenters. The van der Waals surface area contributed by atoms with Crippen molar-refractivity contribution in [3.8, 4) is 11.5 Å². The largest absolute Gasteiger partial charge is 0.491 e. The fraction of sp³-hybridized carbons (Fsp3) is 0.507.